The fourth-order valence-corrected chi connectivity index (χ4v) is 1.90. The van der Waals surface area contributed by atoms with Crippen LogP contribution in [0, 0.1) is 11.6 Å². The number of rotatable bonds is 2. The first-order valence-electron chi connectivity index (χ1n) is 5.34. The summed E-state index contributed by atoms with van der Waals surface area (Å²) in [5, 5.41) is 3.18. The molecular weight excluding hydrogens is 212 g/mol. The Morgan fingerprint density at radius 1 is 1.25 bits per heavy atom. The van der Waals surface area contributed by atoms with Gasteiger partial charge in [0.2, 0.25) is 0 Å². The molecule has 0 amide bonds. The van der Waals surface area contributed by atoms with Crippen LogP contribution in [0.15, 0.2) is 18.2 Å². The van der Waals surface area contributed by atoms with Gasteiger partial charge in [-0.15, -0.1) is 0 Å². The van der Waals surface area contributed by atoms with E-state index >= 15 is 0 Å². The van der Waals surface area contributed by atoms with Crippen molar-refractivity contribution in [2.45, 2.75) is 6.17 Å². The van der Waals surface area contributed by atoms with Crippen molar-refractivity contribution in [2.24, 2.45) is 5.73 Å². The Morgan fingerprint density at radius 3 is 2.62 bits per heavy atom. The van der Waals surface area contributed by atoms with Crippen LogP contribution in [-0.4, -0.2) is 31.1 Å². The van der Waals surface area contributed by atoms with E-state index in [9.17, 15) is 8.78 Å². The van der Waals surface area contributed by atoms with E-state index in [1.54, 1.807) is 0 Å². The van der Waals surface area contributed by atoms with E-state index in [1.807, 2.05) is 4.90 Å². The van der Waals surface area contributed by atoms with Crippen LogP contribution < -0.4 is 11.1 Å². The Balaban J connectivity index is 2.18. The molecule has 3 N–H and O–H groups in total. The summed E-state index contributed by atoms with van der Waals surface area (Å²) < 4.78 is 26.5. The fraction of sp³-hybridized carbons (Fsp3) is 0.455. The van der Waals surface area contributed by atoms with Crippen LogP contribution in [0.3, 0.4) is 0 Å². The molecule has 1 aromatic carbocycles. The second-order valence-electron chi connectivity index (χ2n) is 3.90. The summed E-state index contributed by atoms with van der Waals surface area (Å²) in [6.07, 6.45) is -0.571. The molecule has 1 fully saturated rings. The van der Waals surface area contributed by atoms with Crippen LogP contribution in [-0.2, 0) is 0 Å². The molecule has 1 unspecified atom stereocenters. The first-order valence-corrected chi connectivity index (χ1v) is 5.34. The molecule has 88 valence electrons. The third-order valence-electron chi connectivity index (χ3n) is 2.82. The number of nitrogens with two attached hydrogens (primary N) is 1. The van der Waals surface area contributed by atoms with E-state index in [-0.39, 0.29) is 5.56 Å². The Kier molecular flexibility index (Phi) is 3.48. The standard InChI is InChI=1S/C11H15F2N3/c12-8-1-2-10(13)9(7-8)11(14)16-5-3-15-4-6-16/h1-2,7,11,15H,3-6,14H2. The van der Waals surface area contributed by atoms with Crippen LogP contribution in [0.1, 0.15) is 11.7 Å². The van der Waals surface area contributed by atoms with Crippen molar-refractivity contribution < 1.29 is 8.78 Å². The van der Waals surface area contributed by atoms with Gasteiger partial charge >= 0.3 is 0 Å². The predicted octanol–water partition coefficient (Wildman–Crippen LogP) is 0.827. The molecule has 1 aliphatic heterocycles. The van der Waals surface area contributed by atoms with Gasteiger partial charge in [-0.2, -0.15) is 0 Å². The SMILES string of the molecule is NC(c1cc(F)ccc1F)N1CCNCC1. The summed E-state index contributed by atoms with van der Waals surface area (Å²) in [5.41, 5.74) is 6.15. The number of piperazine rings is 1. The highest BCUT2D eigenvalue weighted by Gasteiger charge is 2.21. The summed E-state index contributed by atoms with van der Waals surface area (Å²) in [4.78, 5) is 1.94. The zero-order valence-electron chi connectivity index (χ0n) is 8.92. The summed E-state index contributed by atoms with van der Waals surface area (Å²) in [6, 6.07) is 3.39. The number of nitrogens with one attached hydrogen (secondary N) is 1. The Hall–Kier alpha value is -1.04. The highest BCUT2D eigenvalue weighted by atomic mass is 19.1. The maximum absolute atomic E-state index is 13.5. The maximum Gasteiger partial charge on any atom is 0.129 e. The molecular formula is C11H15F2N3. The lowest BCUT2D eigenvalue weighted by molar-refractivity contribution is 0.174. The number of hydrogen-bond donors (Lipinski definition) is 2. The summed E-state index contributed by atoms with van der Waals surface area (Å²) >= 11 is 0. The van der Waals surface area contributed by atoms with E-state index in [0.29, 0.717) is 0 Å². The van der Waals surface area contributed by atoms with E-state index < -0.39 is 17.8 Å². The molecule has 1 atom stereocenters. The molecule has 3 nitrogen and oxygen atoms in total. The quantitative estimate of drug-likeness (QED) is 0.786. The molecule has 0 bridgehead atoms. The molecule has 0 saturated carbocycles. The van der Waals surface area contributed by atoms with Crippen molar-refractivity contribution in [1.29, 1.82) is 0 Å². The van der Waals surface area contributed by atoms with Crippen molar-refractivity contribution in [3.63, 3.8) is 0 Å². The van der Waals surface area contributed by atoms with Crippen molar-refractivity contribution in [3.05, 3.63) is 35.4 Å². The minimum atomic E-state index is -0.571. The third-order valence-corrected chi connectivity index (χ3v) is 2.82. The van der Waals surface area contributed by atoms with Gasteiger partial charge in [-0.25, -0.2) is 8.78 Å². The molecule has 0 radical (unpaired) electrons. The van der Waals surface area contributed by atoms with Crippen molar-refractivity contribution >= 4 is 0 Å². The smallest absolute Gasteiger partial charge is 0.129 e. The monoisotopic (exact) mass is 227 g/mol. The second kappa shape index (κ2) is 4.86. The van der Waals surface area contributed by atoms with Gasteiger partial charge in [0.1, 0.15) is 11.6 Å². The van der Waals surface area contributed by atoms with Gasteiger partial charge in [0.15, 0.2) is 0 Å². The Bertz CT molecular complexity index is 364. The summed E-state index contributed by atoms with van der Waals surface area (Å²) in [7, 11) is 0. The predicted molar refractivity (Wildman–Crippen MR) is 57.7 cm³/mol. The van der Waals surface area contributed by atoms with Crippen molar-refractivity contribution in [1.82, 2.24) is 10.2 Å². The van der Waals surface area contributed by atoms with E-state index in [0.717, 1.165) is 38.3 Å². The molecule has 2 rings (SSSR count). The molecule has 1 heterocycles. The highest BCUT2D eigenvalue weighted by molar-refractivity contribution is 5.21. The number of halogens is 2. The average Bonchev–Trinajstić information content (AvgIpc) is 2.32. The largest absolute Gasteiger partial charge is 0.314 e. The van der Waals surface area contributed by atoms with E-state index in [2.05, 4.69) is 5.32 Å². The lowest BCUT2D eigenvalue weighted by atomic mass is 10.1. The third kappa shape index (κ3) is 2.37. The fourth-order valence-electron chi connectivity index (χ4n) is 1.90. The second-order valence-corrected chi connectivity index (χ2v) is 3.90. The molecule has 1 aliphatic rings. The molecule has 0 aromatic heterocycles. The molecule has 0 spiro atoms. The van der Waals surface area contributed by atoms with Gasteiger partial charge in [-0.05, 0) is 18.2 Å². The maximum atomic E-state index is 13.5. The minimum absolute atomic E-state index is 0.224. The van der Waals surface area contributed by atoms with Crippen molar-refractivity contribution in [3.8, 4) is 0 Å². The molecule has 16 heavy (non-hydrogen) atoms. The molecule has 0 aliphatic carbocycles. The van der Waals surface area contributed by atoms with Crippen LogP contribution in [0.2, 0.25) is 0 Å². The number of nitrogens with zero attached hydrogens (tertiary/aromatic N) is 1. The van der Waals surface area contributed by atoms with Crippen molar-refractivity contribution in [2.75, 3.05) is 26.2 Å². The van der Waals surface area contributed by atoms with Gasteiger partial charge in [0.25, 0.3) is 0 Å². The Morgan fingerprint density at radius 2 is 1.94 bits per heavy atom. The lowest BCUT2D eigenvalue weighted by Crippen LogP contribution is -2.47. The van der Waals surface area contributed by atoms with Crippen LogP contribution in [0.5, 0.6) is 0 Å². The van der Waals surface area contributed by atoms with Gasteiger partial charge < -0.3 is 11.1 Å². The molecule has 1 aromatic rings. The first kappa shape index (κ1) is 11.4. The van der Waals surface area contributed by atoms with Gasteiger partial charge in [-0.3, -0.25) is 4.90 Å². The first-order chi connectivity index (χ1) is 7.68. The van der Waals surface area contributed by atoms with Gasteiger partial charge in [0, 0.05) is 31.7 Å². The van der Waals surface area contributed by atoms with Crippen LogP contribution in [0.4, 0.5) is 8.78 Å². The summed E-state index contributed by atoms with van der Waals surface area (Å²) in [6.45, 7) is 3.14. The molecule has 1 saturated heterocycles. The zero-order valence-corrected chi connectivity index (χ0v) is 8.92. The van der Waals surface area contributed by atoms with Gasteiger partial charge in [-0.1, -0.05) is 0 Å². The van der Waals surface area contributed by atoms with Crippen LogP contribution in [0.25, 0.3) is 0 Å². The van der Waals surface area contributed by atoms with E-state index in [1.165, 1.54) is 6.07 Å². The number of hydrogen-bond acceptors (Lipinski definition) is 3. The highest BCUT2D eigenvalue weighted by Crippen LogP contribution is 2.20. The van der Waals surface area contributed by atoms with E-state index in [4.69, 9.17) is 5.73 Å². The molecule has 5 heteroatoms. The minimum Gasteiger partial charge on any atom is -0.314 e. The normalized spacial score (nSPS) is 19.7. The lowest BCUT2D eigenvalue weighted by Gasteiger charge is -2.32. The topological polar surface area (TPSA) is 41.3 Å². The Labute approximate surface area is 93.2 Å². The van der Waals surface area contributed by atoms with Gasteiger partial charge in [0.05, 0.1) is 6.17 Å². The van der Waals surface area contributed by atoms with Crippen LogP contribution >= 0.6 is 0 Å². The summed E-state index contributed by atoms with van der Waals surface area (Å²) in [5.74, 6) is -0.908. The average molecular weight is 227 g/mol. The zero-order chi connectivity index (χ0) is 11.5. The number of benzene rings is 1.